The van der Waals surface area contributed by atoms with Gasteiger partial charge in [-0.3, -0.25) is 9.59 Å². The number of quaternary nitrogens is 3. The van der Waals surface area contributed by atoms with Crippen molar-refractivity contribution in [3.63, 3.8) is 0 Å². The molecule has 11 nitrogen and oxygen atoms in total. The molecule has 1 unspecified atom stereocenters. The third-order valence-electron chi connectivity index (χ3n) is 6.13. The zero-order valence-electron chi connectivity index (χ0n) is 29.1. The summed E-state index contributed by atoms with van der Waals surface area (Å²) in [6, 6.07) is 19.4. The summed E-state index contributed by atoms with van der Waals surface area (Å²) in [5.74, 6) is -0.621. The first-order valence-electron chi connectivity index (χ1n) is 15.3. The van der Waals surface area contributed by atoms with Crippen molar-refractivity contribution in [3.8, 4) is 0 Å². The highest BCUT2D eigenvalue weighted by atomic mass is 35.5. The third kappa shape index (κ3) is 23.4. The molecule has 0 saturated heterocycles. The quantitative estimate of drug-likeness (QED) is 0.116. The van der Waals surface area contributed by atoms with E-state index in [9.17, 15) is 14.4 Å². The van der Waals surface area contributed by atoms with E-state index in [0.29, 0.717) is 51.3 Å². The number of nitrogens with one attached hydrogen (secondary N) is 4. The highest BCUT2D eigenvalue weighted by Crippen LogP contribution is 2.13. The van der Waals surface area contributed by atoms with Gasteiger partial charge in [-0.25, -0.2) is 9.78 Å². The Bertz CT molecular complexity index is 1210. The number of rotatable bonds is 13. The maximum Gasteiger partial charge on any atom is 0.317 e. The normalized spacial score (nSPS) is 9.75. The Balaban J connectivity index is -0.00000106. The van der Waals surface area contributed by atoms with Gasteiger partial charge >= 0.3 is 6.03 Å². The van der Waals surface area contributed by atoms with Crippen LogP contribution in [0.5, 0.6) is 0 Å². The monoisotopic (exact) mass is 754 g/mol. The van der Waals surface area contributed by atoms with Crippen LogP contribution < -0.4 is 38.1 Å². The SMILES string of the molecule is CCc1ccccc1.CCl.CCl.CCl.CCl.[NH3+]CCN(CC[NH3+])C(=O)NCCCC([NH3+])C(=O)NCC(=O)Nc1c[nH+]c2ccccc2c1. The number of aromatic nitrogens is 1. The van der Waals surface area contributed by atoms with E-state index in [1.165, 1.54) is 31.1 Å². The zero-order chi connectivity index (χ0) is 37.2. The minimum Gasteiger partial charge on any atom is -0.356 e. The minimum atomic E-state index is -0.510. The van der Waals surface area contributed by atoms with Crippen LogP contribution in [0.15, 0.2) is 66.9 Å². The van der Waals surface area contributed by atoms with Crippen LogP contribution in [0.25, 0.3) is 10.9 Å². The molecule has 15 heteroatoms. The van der Waals surface area contributed by atoms with E-state index in [0.717, 1.165) is 17.3 Å². The smallest absolute Gasteiger partial charge is 0.317 e. The summed E-state index contributed by atoms with van der Waals surface area (Å²) in [5.41, 5.74) is 14.4. The van der Waals surface area contributed by atoms with Crippen LogP contribution in [-0.2, 0) is 16.0 Å². The van der Waals surface area contributed by atoms with Gasteiger partial charge in [-0.2, -0.15) is 0 Å². The summed E-state index contributed by atoms with van der Waals surface area (Å²) < 4.78 is 0. The van der Waals surface area contributed by atoms with Crippen molar-refractivity contribution in [1.29, 1.82) is 0 Å². The molecule has 0 radical (unpaired) electrons. The lowest BCUT2D eigenvalue weighted by atomic mass is 10.1. The lowest BCUT2D eigenvalue weighted by Gasteiger charge is -2.20. The number of carbonyl (C=O) groups excluding carboxylic acids is 3. The van der Waals surface area contributed by atoms with Gasteiger partial charge in [0, 0.05) is 49.9 Å². The van der Waals surface area contributed by atoms with Crippen molar-refractivity contribution >= 4 is 80.8 Å². The minimum absolute atomic E-state index is 0.139. The van der Waals surface area contributed by atoms with Crippen molar-refractivity contribution in [1.82, 2.24) is 15.5 Å². The Labute approximate surface area is 306 Å². The van der Waals surface area contributed by atoms with Gasteiger partial charge in [0.1, 0.15) is 5.69 Å². The Kier molecular flexibility index (Phi) is 36.5. The number of carbonyl (C=O) groups is 3. The topological polar surface area (TPSA) is 188 Å². The number of nitrogens with zero attached hydrogens (tertiary/aromatic N) is 1. The molecule has 3 aromatic rings. The number of hydrogen-bond acceptors (Lipinski definition) is 3. The molecule has 0 bridgehead atoms. The highest BCUT2D eigenvalue weighted by molar-refractivity contribution is 6.15. The number of H-pyrrole nitrogens is 1. The fourth-order valence-electron chi connectivity index (χ4n) is 3.91. The number of hydrogen-bond donors (Lipinski definition) is 6. The van der Waals surface area contributed by atoms with E-state index in [1.54, 1.807) is 11.1 Å². The fraction of sp³-hybridized carbons (Fsp3) is 0.455. The molecule has 4 amide bonds. The van der Waals surface area contributed by atoms with Crippen LogP contribution in [-0.4, -0.2) is 93.6 Å². The van der Waals surface area contributed by atoms with Crippen LogP contribution in [0.1, 0.15) is 25.3 Å². The summed E-state index contributed by atoms with van der Waals surface area (Å²) in [4.78, 5) is 41.3. The van der Waals surface area contributed by atoms with Crippen molar-refractivity contribution in [2.45, 2.75) is 32.2 Å². The van der Waals surface area contributed by atoms with Crippen molar-refractivity contribution in [2.24, 2.45) is 0 Å². The predicted molar refractivity (Wildman–Crippen MR) is 201 cm³/mol. The van der Waals surface area contributed by atoms with Crippen LogP contribution in [0.4, 0.5) is 10.5 Å². The lowest BCUT2D eigenvalue weighted by Crippen LogP contribution is -2.67. The predicted octanol–water partition coefficient (Wildman–Crippen LogP) is 2.26. The van der Waals surface area contributed by atoms with Gasteiger partial charge < -0.3 is 38.1 Å². The molecule has 13 N–H and O–H groups in total. The van der Waals surface area contributed by atoms with Gasteiger partial charge in [0.2, 0.25) is 11.4 Å². The molecule has 1 aromatic heterocycles. The number of halogens is 4. The van der Waals surface area contributed by atoms with Crippen molar-refractivity contribution < 1.29 is 36.6 Å². The first-order valence-corrected chi connectivity index (χ1v) is 18.4. The lowest BCUT2D eigenvalue weighted by molar-refractivity contribution is -0.405. The first kappa shape index (κ1) is 49.5. The van der Waals surface area contributed by atoms with Gasteiger partial charge in [0.05, 0.1) is 32.7 Å². The molecule has 0 aliphatic carbocycles. The van der Waals surface area contributed by atoms with Crippen LogP contribution in [0, 0.1) is 0 Å². The number of pyridine rings is 1. The molecule has 3 rings (SSSR count). The number of para-hydroxylation sites is 1. The van der Waals surface area contributed by atoms with E-state index in [-0.39, 0.29) is 24.4 Å². The number of benzene rings is 2. The number of fused-ring (bicyclic) bond motifs is 1. The molecular weight excluding hydrogens is 698 g/mol. The van der Waals surface area contributed by atoms with Crippen molar-refractivity contribution in [3.05, 3.63) is 72.4 Å². The van der Waals surface area contributed by atoms with E-state index in [1.807, 2.05) is 36.4 Å². The number of anilines is 1. The summed E-state index contributed by atoms with van der Waals surface area (Å²) in [5, 5.41) is 9.18. The van der Waals surface area contributed by atoms with E-state index >= 15 is 0 Å². The number of alkyl halides is 4. The Morgan fingerprint density at radius 3 is 1.94 bits per heavy atom. The number of urea groups is 1. The number of aryl methyl sites for hydroxylation is 1. The number of aromatic amines is 1. The third-order valence-corrected chi connectivity index (χ3v) is 6.13. The Hall–Kier alpha value is -2.90. The largest absolute Gasteiger partial charge is 0.356 e. The van der Waals surface area contributed by atoms with Crippen LogP contribution in [0.3, 0.4) is 0 Å². The zero-order valence-corrected chi connectivity index (χ0v) is 32.1. The molecule has 0 aliphatic heterocycles. The highest BCUT2D eigenvalue weighted by Gasteiger charge is 2.18. The fourth-order valence-corrected chi connectivity index (χ4v) is 3.91. The first-order chi connectivity index (χ1) is 23.4. The number of amides is 4. The van der Waals surface area contributed by atoms with Gasteiger partial charge in [-0.15, -0.1) is 46.4 Å². The summed E-state index contributed by atoms with van der Waals surface area (Å²) >= 11 is 18.6. The average molecular weight is 757 g/mol. The van der Waals surface area contributed by atoms with Gasteiger partial charge in [0.25, 0.3) is 5.91 Å². The molecule has 48 heavy (non-hydrogen) atoms. The second kappa shape index (κ2) is 35.4. The van der Waals surface area contributed by atoms with Crippen LogP contribution >= 0.6 is 46.4 Å². The second-order valence-electron chi connectivity index (χ2n) is 9.35. The molecule has 1 atom stereocenters. The van der Waals surface area contributed by atoms with Gasteiger partial charge in [-0.1, -0.05) is 49.4 Å². The summed E-state index contributed by atoms with van der Waals surface area (Å²) in [7, 11) is 0. The maximum absolute atomic E-state index is 12.2. The molecule has 272 valence electrons. The molecule has 0 aliphatic rings. The maximum atomic E-state index is 12.2. The molecule has 0 fully saturated rings. The van der Waals surface area contributed by atoms with E-state index in [4.69, 9.17) is 0 Å². The van der Waals surface area contributed by atoms with Gasteiger partial charge in [-0.05, 0) is 30.5 Å². The Morgan fingerprint density at radius 1 is 0.833 bits per heavy atom. The Morgan fingerprint density at radius 2 is 1.40 bits per heavy atom. The molecular formula is C33H58Cl4N8O3+4. The van der Waals surface area contributed by atoms with E-state index in [2.05, 4.69) is 116 Å². The molecule has 1 heterocycles. The standard InChI is InChI=1S/C21H32N8O3.C8H10.4CH3Cl/c22-7-10-29(11-8-23)21(32)25-9-3-5-17(24)20(31)27-14-19(30)28-16-12-15-4-1-2-6-18(15)26-13-16;1-2-8-6-4-3-5-7-8;4*1-2/h1-2,4,6,12-13,17H,3,5,7-11,14,22-24H2,(H,25,32)(H,27,31)(H,28,30);3-7H,2H2,1H3;4*1H3/p+4. The van der Waals surface area contributed by atoms with Crippen LogP contribution in [0.2, 0.25) is 0 Å². The van der Waals surface area contributed by atoms with Gasteiger partial charge in [0.15, 0.2) is 12.2 Å². The molecule has 0 saturated carbocycles. The van der Waals surface area contributed by atoms with Crippen molar-refractivity contribution in [2.75, 3.05) is 70.1 Å². The summed E-state index contributed by atoms with van der Waals surface area (Å²) in [6.45, 7) is 4.92. The summed E-state index contributed by atoms with van der Waals surface area (Å²) in [6.07, 6.45) is 9.84. The molecule has 0 spiro atoms. The second-order valence-corrected chi connectivity index (χ2v) is 9.35. The molecule has 2 aromatic carbocycles. The average Bonchev–Trinajstić information content (AvgIpc) is 3.16. The van der Waals surface area contributed by atoms with E-state index < -0.39 is 6.04 Å².